The van der Waals surface area contributed by atoms with E-state index in [4.69, 9.17) is 0 Å². The predicted octanol–water partition coefficient (Wildman–Crippen LogP) is 2.49. The van der Waals surface area contributed by atoms with Crippen LogP contribution in [-0.4, -0.2) is 30.4 Å². The first kappa shape index (κ1) is 14.0. The van der Waals surface area contributed by atoms with Crippen LogP contribution in [0.5, 0.6) is 0 Å². The first-order chi connectivity index (χ1) is 9.20. The Kier molecular flexibility index (Phi) is 4.91. The lowest BCUT2D eigenvalue weighted by Crippen LogP contribution is -2.37. The van der Waals surface area contributed by atoms with E-state index in [0.29, 0.717) is 6.54 Å². The Hall–Kier alpha value is -1.42. The molecule has 4 heteroatoms. The van der Waals surface area contributed by atoms with Crippen LogP contribution in [0.2, 0.25) is 0 Å². The molecule has 1 saturated heterocycles. The maximum atomic E-state index is 13.2. The Balaban J connectivity index is 1.90. The summed E-state index contributed by atoms with van der Waals surface area (Å²) in [6.45, 7) is 4.10. The largest absolute Gasteiger partial charge is 0.342 e. The van der Waals surface area contributed by atoms with Crippen molar-refractivity contribution in [1.82, 2.24) is 10.2 Å². The van der Waals surface area contributed by atoms with Crippen LogP contribution in [0.25, 0.3) is 0 Å². The molecule has 1 aromatic carbocycles. The van der Waals surface area contributed by atoms with Crippen molar-refractivity contribution in [3.8, 4) is 0 Å². The summed E-state index contributed by atoms with van der Waals surface area (Å²) < 4.78 is 13.2. The molecule has 1 N–H and O–H groups in total. The third-order valence-corrected chi connectivity index (χ3v) is 3.62. The van der Waals surface area contributed by atoms with Crippen LogP contribution < -0.4 is 5.32 Å². The topological polar surface area (TPSA) is 32.3 Å². The molecule has 3 nitrogen and oxygen atoms in total. The molecule has 1 heterocycles. The molecule has 0 radical (unpaired) electrons. The first-order valence-corrected chi connectivity index (χ1v) is 6.97. The number of amides is 1. The van der Waals surface area contributed by atoms with Gasteiger partial charge in [0.15, 0.2) is 0 Å². The van der Waals surface area contributed by atoms with E-state index < -0.39 is 0 Å². The molecule has 0 aromatic heterocycles. The Morgan fingerprint density at radius 3 is 2.79 bits per heavy atom. The molecule has 0 spiro atoms. The van der Waals surface area contributed by atoms with Crippen molar-refractivity contribution in [2.75, 3.05) is 19.6 Å². The normalized spacial score (nSPS) is 16.6. The summed E-state index contributed by atoms with van der Waals surface area (Å²) in [5.74, 6) is -0.0871. The zero-order valence-corrected chi connectivity index (χ0v) is 11.4. The average molecular weight is 264 g/mol. The van der Waals surface area contributed by atoms with Gasteiger partial charge in [-0.1, -0.05) is 19.1 Å². The van der Waals surface area contributed by atoms with Crippen LogP contribution in [0.4, 0.5) is 4.39 Å². The van der Waals surface area contributed by atoms with Gasteiger partial charge in [0.25, 0.3) is 0 Å². The van der Waals surface area contributed by atoms with Crippen LogP contribution in [0.1, 0.15) is 37.8 Å². The quantitative estimate of drug-likeness (QED) is 0.886. The van der Waals surface area contributed by atoms with Gasteiger partial charge < -0.3 is 10.2 Å². The molecular formula is C15H21FN2O. The van der Waals surface area contributed by atoms with Gasteiger partial charge in [-0.25, -0.2) is 4.39 Å². The number of carbonyl (C=O) groups is 1. The van der Waals surface area contributed by atoms with Gasteiger partial charge in [-0.15, -0.1) is 0 Å². The highest BCUT2D eigenvalue weighted by Gasteiger charge is 2.19. The van der Waals surface area contributed by atoms with Crippen LogP contribution in [0, 0.1) is 5.82 Å². The molecule has 104 valence electrons. The third-order valence-electron chi connectivity index (χ3n) is 3.62. The van der Waals surface area contributed by atoms with E-state index in [-0.39, 0.29) is 17.8 Å². The van der Waals surface area contributed by atoms with Crippen LogP contribution in [0.3, 0.4) is 0 Å². The van der Waals surface area contributed by atoms with Gasteiger partial charge in [0.2, 0.25) is 5.91 Å². The fourth-order valence-electron chi connectivity index (χ4n) is 2.51. The van der Waals surface area contributed by atoms with Crippen molar-refractivity contribution < 1.29 is 9.18 Å². The first-order valence-electron chi connectivity index (χ1n) is 6.97. The number of halogens is 1. The molecule has 2 rings (SSSR count). The Morgan fingerprint density at radius 2 is 2.16 bits per heavy atom. The SMILES string of the molecule is CCC(NCC(=O)N1CCCC1)c1cccc(F)c1. The Labute approximate surface area is 113 Å². The summed E-state index contributed by atoms with van der Waals surface area (Å²) in [6.07, 6.45) is 3.04. The number of nitrogens with zero attached hydrogens (tertiary/aromatic N) is 1. The van der Waals surface area contributed by atoms with Crippen LogP contribution in [0.15, 0.2) is 24.3 Å². The lowest BCUT2D eigenvalue weighted by molar-refractivity contribution is -0.129. The number of likely N-dealkylation sites (tertiary alicyclic amines) is 1. The summed E-state index contributed by atoms with van der Waals surface area (Å²) in [5, 5.41) is 3.23. The molecule has 0 aliphatic carbocycles. The van der Waals surface area contributed by atoms with Gasteiger partial charge in [0.1, 0.15) is 5.82 Å². The fourth-order valence-corrected chi connectivity index (χ4v) is 2.51. The lowest BCUT2D eigenvalue weighted by atomic mass is 10.0. The summed E-state index contributed by atoms with van der Waals surface area (Å²) in [4.78, 5) is 13.8. The van der Waals surface area contributed by atoms with E-state index in [9.17, 15) is 9.18 Å². The third kappa shape index (κ3) is 3.77. The maximum Gasteiger partial charge on any atom is 0.236 e. The Morgan fingerprint density at radius 1 is 1.42 bits per heavy atom. The Bertz CT molecular complexity index is 430. The highest BCUT2D eigenvalue weighted by molar-refractivity contribution is 5.78. The molecule has 0 bridgehead atoms. The molecule has 1 amide bonds. The zero-order valence-electron chi connectivity index (χ0n) is 11.4. The minimum absolute atomic E-state index is 0.0299. The molecule has 0 saturated carbocycles. The summed E-state index contributed by atoms with van der Waals surface area (Å²) >= 11 is 0. The minimum atomic E-state index is -0.233. The van der Waals surface area contributed by atoms with E-state index in [1.807, 2.05) is 17.9 Å². The average Bonchev–Trinajstić information content (AvgIpc) is 2.93. The van der Waals surface area contributed by atoms with Crippen molar-refractivity contribution in [2.45, 2.75) is 32.2 Å². The van der Waals surface area contributed by atoms with Crippen molar-refractivity contribution in [2.24, 2.45) is 0 Å². The van der Waals surface area contributed by atoms with Gasteiger partial charge in [0, 0.05) is 19.1 Å². The molecule has 19 heavy (non-hydrogen) atoms. The van der Waals surface area contributed by atoms with Crippen molar-refractivity contribution in [3.63, 3.8) is 0 Å². The molecule has 1 aromatic rings. The van der Waals surface area contributed by atoms with E-state index >= 15 is 0 Å². The van der Waals surface area contributed by atoms with Gasteiger partial charge in [0.05, 0.1) is 6.54 Å². The number of rotatable bonds is 5. The molecule has 1 atom stereocenters. The summed E-state index contributed by atoms with van der Waals surface area (Å²) in [5.41, 5.74) is 0.900. The van der Waals surface area contributed by atoms with E-state index in [1.165, 1.54) is 12.1 Å². The number of benzene rings is 1. The monoisotopic (exact) mass is 264 g/mol. The standard InChI is InChI=1S/C15H21FN2O/c1-2-14(12-6-5-7-13(16)10-12)17-11-15(19)18-8-3-4-9-18/h5-7,10,14,17H,2-4,8-9,11H2,1H3. The second-order valence-corrected chi connectivity index (χ2v) is 4.98. The number of nitrogens with one attached hydrogen (secondary N) is 1. The van der Waals surface area contributed by atoms with E-state index in [2.05, 4.69) is 5.32 Å². The fraction of sp³-hybridized carbons (Fsp3) is 0.533. The number of hydrogen-bond acceptors (Lipinski definition) is 2. The van der Waals surface area contributed by atoms with Gasteiger partial charge >= 0.3 is 0 Å². The molecule has 1 unspecified atom stereocenters. The zero-order chi connectivity index (χ0) is 13.7. The highest BCUT2D eigenvalue weighted by atomic mass is 19.1. The van der Waals surface area contributed by atoms with Gasteiger partial charge in [-0.3, -0.25) is 4.79 Å². The minimum Gasteiger partial charge on any atom is -0.342 e. The van der Waals surface area contributed by atoms with E-state index in [1.54, 1.807) is 6.07 Å². The smallest absolute Gasteiger partial charge is 0.236 e. The predicted molar refractivity (Wildman–Crippen MR) is 73.2 cm³/mol. The van der Waals surface area contributed by atoms with Crippen LogP contribution in [-0.2, 0) is 4.79 Å². The van der Waals surface area contributed by atoms with Crippen molar-refractivity contribution in [3.05, 3.63) is 35.6 Å². The molecule has 1 fully saturated rings. The summed E-state index contributed by atoms with van der Waals surface area (Å²) in [7, 11) is 0. The van der Waals surface area contributed by atoms with Gasteiger partial charge in [-0.05, 0) is 37.0 Å². The molecular weight excluding hydrogens is 243 g/mol. The van der Waals surface area contributed by atoms with Crippen molar-refractivity contribution >= 4 is 5.91 Å². The highest BCUT2D eigenvalue weighted by Crippen LogP contribution is 2.17. The number of carbonyl (C=O) groups excluding carboxylic acids is 1. The molecule has 1 aliphatic heterocycles. The van der Waals surface area contributed by atoms with E-state index in [0.717, 1.165) is 37.9 Å². The second-order valence-electron chi connectivity index (χ2n) is 4.98. The number of hydrogen-bond donors (Lipinski definition) is 1. The molecule has 1 aliphatic rings. The lowest BCUT2D eigenvalue weighted by Gasteiger charge is -2.20. The summed E-state index contributed by atoms with van der Waals surface area (Å²) in [6, 6.07) is 6.59. The maximum absolute atomic E-state index is 13.2. The second kappa shape index (κ2) is 6.66. The van der Waals surface area contributed by atoms with Gasteiger partial charge in [-0.2, -0.15) is 0 Å². The van der Waals surface area contributed by atoms with Crippen molar-refractivity contribution in [1.29, 1.82) is 0 Å². The van der Waals surface area contributed by atoms with Crippen LogP contribution >= 0.6 is 0 Å².